The van der Waals surface area contributed by atoms with E-state index in [4.69, 9.17) is 0 Å². The second-order valence-corrected chi connectivity index (χ2v) is 7.26. The molecule has 6 nitrogen and oxygen atoms in total. The number of carbonyl (C=O) groups excluding carboxylic acids is 1. The fourth-order valence-corrected chi connectivity index (χ4v) is 4.24. The summed E-state index contributed by atoms with van der Waals surface area (Å²) in [6.07, 6.45) is 1.41. The zero-order chi connectivity index (χ0) is 15.7. The smallest absolute Gasteiger partial charge is 0.414 e. The first-order valence-corrected chi connectivity index (χ1v) is 8.26. The predicted octanol–water partition coefficient (Wildman–Crippen LogP) is 1.10. The molecular weight excluding hydrogens is 294 g/mol. The number of aliphatic hydroxyl groups is 1. The van der Waals surface area contributed by atoms with Gasteiger partial charge in [-0.3, -0.25) is 0 Å². The number of ether oxygens (including phenoxy) is 1. The van der Waals surface area contributed by atoms with Crippen molar-refractivity contribution in [3.63, 3.8) is 0 Å². The highest BCUT2D eigenvalue weighted by Gasteiger charge is 2.54. The van der Waals surface area contributed by atoms with E-state index in [0.717, 1.165) is 12.5 Å². The number of hydrogen-bond donors (Lipinski definition) is 1. The number of β-amino-alcohol motifs (C(OH)–C–C–N with tert-alkyl or cyclic N) is 1. The monoisotopic (exact) mass is 311 g/mol. The van der Waals surface area contributed by atoms with Gasteiger partial charge in [-0.15, -0.1) is 0 Å². The molecule has 21 heavy (non-hydrogen) atoms. The molecule has 1 fully saturated rings. The van der Waals surface area contributed by atoms with E-state index >= 15 is 0 Å². The van der Waals surface area contributed by atoms with Crippen LogP contribution in [0.2, 0.25) is 0 Å². The van der Waals surface area contributed by atoms with Crippen molar-refractivity contribution in [1.82, 2.24) is 4.90 Å². The molecule has 0 aromatic heterocycles. The van der Waals surface area contributed by atoms with Crippen molar-refractivity contribution in [2.75, 3.05) is 19.3 Å². The summed E-state index contributed by atoms with van der Waals surface area (Å²) in [4.78, 5) is 12.7. The highest BCUT2D eigenvalue weighted by molar-refractivity contribution is 7.91. The molecule has 1 unspecified atom stereocenters. The summed E-state index contributed by atoms with van der Waals surface area (Å²) in [7, 11) is -3.55. The Hall–Kier alpha value is -1.86. The molecule has 0 aliphatic carbocycles. The number of rotatable bonds is 4. The Kier molecular flexibility index (Phi) is 4.06. The minimum absolute atomic E-state index is 0.105. The van der Waals surface area contributed by atoms with Crippen LogP contribution in [0.4, 0.5) is 4.79 Å². The third kappa shape index (κ3) is 3.08. The Balaban J connectivity index is 2.25. The van der Waals surface area contributed by atoms with E-state index in [1.54, 1.807) is 30.3 Å². The lowest BCUT2D eigenvalue weighted by Crippen LogP contribution is -2.67. The Labute approximate surface area is 123 Å². The number of sulfone groups is 1. The molecular formula is C14H17NO5S. The van der Waals surface area contributed by atoms with E-state index in [2.05, 4.69) is 11.3 Å². The summed E-state index contributed by atoms with van der Waals surface area (Å²) in [5, 5.41) is 9.51. The predicted molar refractivity (Wildman–Crippen MR) is 77.2 cm³/mol. The fraction of sp³-hybridized carbons (Fsp3) is 0.357. The molecule has 114 valence electrons. The molecule has 0 saturated carbocycles. The van der Waals surface area contributed by atoms with Crippen LogP contribution in [0.15, 0.2) is 43.2 Å². The summed E-state index contributed by atoms with van der Waals surface area (Å²) >= 11 is 0. The first-order valence-electron chi connectivity index (χ1n) is 6.30. The van der Waals surface area contributed by atoms with Crippen LogP contribution in [0.3, 0.4) is 0 Å². The van der Waals surface area contributed by atoms with Crippen LogP contribution in [0.25, 0.3) is 0 Å². The molecule has 1 aliphatic heterocycles. The number of hydrogen-bond acceptors (Lipinski definition) is 5. The molecule has 1 atom stereocenters. The van der Waals surface area contributed by atoms with Crippen LogP contribution in [0.5, 0.6) is 0 Å². The Morgan fingerprint density at radius 3 is 2.48 bits per heavy atom. The summed E-state index contributed by atoms with van der Waals surface area (Å²) in [6.45, 7) is 3.06. The highest BCUT2D eigenvalue weighted by atomic mass is 32.2. The lowest BCUT2D eigenvalue weighted by Gasteiger charge is -2.48. The normalized spacial score (nSPS) is 18.5. The van der Waals surface area contributed by atoms with Crippen LogP contribution in [-0.4, -0.2) is 49.5 Å². The molecule has 2 rings (SSSR count). The van der Waals surface area contributed by atoms with Crippen molar-refractivity contribution in [2.24, 2.45) is 0 Å². The van der Waals surface area contributed by atoms with Crippen molar-refractivity contribution in [3.8, 4) is 0 Å². The molecule has 1 saturated heterocycles. The van der Waals surface area contributed by atoms with E-state index in [-0.39, 0.29) is 13.1 Å². The summed E-state index contributed by atoms with van der Waals surface area (Å²) in [5.41, 5.74) is -1.02. The van der Waals surface area contributed by atoms with Gasteiger partial charge in [0.1, 0.15) is 10.9 Å². The standard InChI is InChI=1S/C14H17NO5S/c1-3-20-13(16)15-9-14(17,10-15)12(21(2,18)19)11-7-5-4-6-8-11/h3-8,12,17H,1,9-10H2,2H3. The van der Waals surface area contributed by atoms with E-state index < -0.39 is 26.8 Å². The van der Waals surface area contributed by atoms with Gasteiger partial charge in [-0.2, -0.15) is 0 Å². The van der Waals surface area contributed by atoms with Gasteiger partial charge in [-0.25, -0.2) is 13.2 Å². The van der Waals surface area contributed by atoms with Crippen LogP contribution in [0.1, 0.15) is 10.8 Å². The van der Waals surface area contributed by atoms with Gasteiger partial charge < -0.3 is 14.7 Å². The summed E-state index contributed by atoms with van der Waals surface area (Å²) in [5.74, 6) is 0. The zero-order valence-electron chi connectivity index (χ0n) is 11.6. The first-order chi connectivity index (χ1) is 9.78. The number of amides is 1. The average molecular weight is 311 g/mol. The second kappa shape index (κ2) is 5.50. The molecule has 0 radical (unpaired) electrons. The van der Waals surface area contributed by atoms with Crippen molar-refractivity contribution in [1.29, 1.82) is 0 Å². The maximum Gasteiger partial charge on any atom is 0.414 e. The van der Waals surface area contributed by atoms with Gasteiger partial charge in [0.05, 0.1) is 19.4 Å². The van der Waals surface area contributed by atoms with E-state index in [1.807, 2.05) is 0 Å². The number of likely N-dealkylation sites (tertiary alicyclic amines) is 1. The molecule has 0 spiro atoms. The van der Waals surface area contributed by atoms with E-state index in [9.17, 15) is 18.3 Å². The third-order valence-corrected chi connectivity index (χ3v) is 4.96. The molecule has 1 N–H and O–H groups in total. The molecule has 1 heterocycles. The third-order valence-electron chi connectivity index (χ3n) is 3.39. The molecule has 1 aromatic carbocycles. The van der Waals surface area contributed by atoms with Crippen LogP contribution in [0, 0.1) is 0 Å². The molecule has 1 aliphatic rings. The first kappa shape index (κ1) is 15.5. The van der Waals surface area contributed by atoms with Gasteiger partial charge >= 0.3 is 6.09 Å². The average Bonchev–Trinajstić information content (AvgIpc) is 2.35. The Morgan fingerprint density at radius 1 is 1.43 bits per heavy atom. The molecule has 1 aromatic rings. The van der Waals surface area contributed by atoms with Gasteiger partial charge in [-0.1, -0.05) is 36.9 Å². The van der Waals surface area contributed by atoms with Crippen LogP contribution >= 0.6 is 0 Å². The second-order valence-electron chi connectivity index (χ2n) is 5.13. The largest absolute Gasteiger partial charge is 0.419 e. The molecule has 1 amide bonds. The Morgan fingerprint density at radius 2 is 2.00 bits per heavy atom. The van der Waals surface area contributed by atoms with E-state index in [0.29, 0.717) is 5.56 Å². The number of benzene rings is 1. The minimum Gasteiger partial charge on any atom is -0.419 e. The van der Waals surface area contributed by atoms with Gasteiger partial charge in [0.15, 0.2) is 9.84 Å². The topological polar surface area (TPSA) is 83.9 Å². The number of carbonyl (C=O) groups is 1. The van der Waals surface area contributed by atoms with E-state index in [1.165, 1.54) is 4.90 Å². The van der Waals surface area contributed by atoms with Crippen molar-refractivity contribution < 1.29 is 23.1 Å². The van der Waals surface area contributed by atoms with Crippen molar-refractivity contribution >= 4 is 15.9 Å². The molecule has 0 bridgehead atoms. The minimum atomic E-state index is -3.55. The maximum atomic E-state index is 12.1. The maximum absolute atomic E-state index is 12.1. The highest BCUT2D eigenvalue weighted by Crippen LogP contribution is 2.39. The van der Waals surface area contributed by atoms with Gasteiger partial charge in [0.25, 0.3) is 0 Å². The summed E-state index contributed by atoms with van der Waals surface area (Å²) < 4.78 is 28.7. The Bertz CT molecular complexity index is 635. The molecule has 7 heteroatoms. The lowest BCUT2D eigenvalue weighted by molar-refractivity contribution is -0.0873. The van der Waals surface area contributed by atoms with Gasteiger partial charge in [0, 0.05) is 6.26 Å². The van der Waals surface area contributed by atoms with Gasteiger partial charge in [0.2, 0.25) is 0 Å². The lowest BCUT2D eigenvalue weighted by atomic mass is 9.87. The van der Waals surface area contributed by atoms with Crippen LogP contribution in [-0.2, 0) is 14.6 Å². The van der Waals surface area contributed by atoms with Gasteiger partial charge in [-0.05, 0) is 5.56 Å². The zero-order valence-corrected chi connectivity index (χ0v) is 12.4. The fourth-order valence-electron chi connectivity index (χ4n) is 2.64. The van der Waals surface area contributed by atoms with Crippen molar-refractivity contribution in [3.05, 3.63) is 48.7 Å². The summed E-state index contributed by atoms with van der Waals surface area (Å²) in [6, 6.07) is 8.47. The quantitative estimate of drug-likeness (QED) is 0.842. The van der Waals surface area contributed by atoms with Crippen molar-refractivity contribution in [2.45, 2.75) is 10.9 Å². The van der Waals surface area contributed by atoms with Crippen LogP contribution < -0.4 is 0 Å². The SMILES string of the molecule is C=COC(=O)N1CC(O)(C(c2ccccc2)S(C)(=O)=O)C1. The number of nitrogens with zero attached hydrogens (tertiary/aromatic N) is 1.